The van der Waals surface area contributed by atoms with Gasteiger partial charge in [0.2, 0.25) is 11.8 Å². The summed E-state index contributed by atoms with van der Waals surface area (Å²) < 4.78 is 20.7. The van der Waals surface area contributed by atoms with E-state index in [1.807, 2.05) is 6.20 Å². The van der Waals surface area contributed by atoms with E-state index in [1.165, 1.54) is 24.2 Å². The first-order valence-corrected chi connectivity index (χ1v) is 31.2. The lowest BCUT2D eigenvalue weighted by atomic mass is 9.72. The van der Waals surface area contributed by atoms with Gasteiger partial charge < -0.3 is 33.9 Å². The molecule has 80 heavy (non-hydrogen) atoms. The summed E-state index contributed by atoms with van der Waals surface area (Å²) >= 11 is 1.51. The van der Waals surface area contributed by atoms with Gasteiger partial charge in [0.25, 0.3) is 5.91 Å². The van der Waals surface area contributed by atoms with Crippen LogP contribution < -0.4 is 21.0 Å². The molecule has 430 valence electrons. The average molecular weight is 1110 g/mol. The molecule has 3 amide bonds. The lowest BCUT2D eigenvalue weighted by molar-refractivity contribution is -0.155. The van der Waals surface area contributed by atoms with Gasteiger partial charge in [-0.3, -0.25) is 44.3 Å². The summed E-state index contributed by atoms with van der Waals surface area (Å²) in [5.74, 6) is 0.264. The molecular weight excluding hydrogens is 1030 g/mol. The maximum atomic E-state index is 15.3. The standard InChI is InChI=1S/C61H83N11O7S/c1-6-71-49-17-16-40-25-43(49)45(55(71)44-26-41(29-62-51(44)37(2)77-5)68-22-21-67-23-24-78-31-42(67)30-68)28-60(3,4)36-79-59(76)46-13-9-20-72(66-46)57(74)47(27-50-63-48(40)32-80-50)64-56(73)54(39-11-7-8-12-39)69-19-10-18-61(33-69)34-70(35-61)58(75)53-52(65-53)38-14-15-38/h16-17,25-26,29,32,37-39,42,46-47,52-54,65-66H,6-15,18-24,27-28,30-31,33-36H2,1-5H3,(H,64,73)/t37-,42-,46-,47-,52+,53+,54-/m0/s1. The van der Waals surface area contributed by atoms with Crippen LogP contribution in [0.4, 0.5) is 5.69 Å². The number of morpholine rings is 1. The number of rotatable bonds is 11. The van der Waals surface area contributed by atoms with E-state index in [1.54, 1.807) is 12.1 Å². The van der Waals surface area contributed by atoms with Crippen molar-refractivity contribution in [3.8, 4) is 22.5 Å². The number of nitrogens with zero attached hydrogens (tertiary/aromatic N) is 8. The molecule has 19 heteroatoms. The van der Waals surface area contributed by atoms with E-state index in [2.05, 4.69) is 97.6 Å². The molecule has 6 bridgehead atoms. The van der Waals surface area contributed by atoms with E-state index in [9.17, 15) is 9.59 Å². The van der Waals surface area contributed by atoms with Crippen LogP contribution in [0.25, 0.3) is 33.4 Å². The molecule has 1 spiro atoms. The Balaban J connectivity index is 0.828. The first-order valence-electron chi connectivity index (χ1n) is 30.3. The Labute approximate surface area is 475 Å². The van der Waals surface area contributed by atoms with Crippen LogP contribution in [0.2, 0.25) is 0 Å². The number of likely N-dealkylation sites (tertiary alicyclic amines) is 2. The Morgan fingerprint density at radius 2 is 1.82 bits per heavy atom. The number of pyridine rings is 1. The van der Waals surface area contributed by atoms with E-state index in [4.69, 9.17) is 24.2 Å². The van der Waals surface area contributed by atoms with E-state index in [0.717, 1.165) is 159 Å². The lowest BCUT2D eigenvalue weighted by Gasteiger charge is -2.56. The molecule has 0 unspecified atom stereocenters. The van der Waals surface area contributed by atoms with Gasteiger partial charge in [-0.15, -0.1) is 11.3 Å². The molecule has 13 rings (SSSR count). The van der Waals surface area contributed by atoms with E-state index in [-0.39, 0.29) is 54.2 Å². The zero-order chi connectivity index (χ0) is 55.0. The van der Waals surface area contributed by atoms with E-state index < -0.39 is 29.5 Å². The number of amides is 3. The Kier molecular flexibility index (Phi) is 14.9. The number of fused-ring (bicyclic) bond motifs is 7. The summed E-state index contributed by atoms with van der Waals surface area (Å²) in [6, 6.07) is 7.52. The molecule has 9 aliphatic rings. The van der Waals surface area contributed by atoms with Crippen LogP contribution in [0.5, 0.6) is 0 Å². The van der Waals surface area contributed by atoms with Crippen LogP contribution in [0, 0.1) is 22.7 Å². The summed E-state index contributed by atoms with van der Waals surface area (Å²) in [7, 11) is 1.74. The van der Waals surface area contributed by atoms with Gasteiger partial charge in [-0.25, -0.2) is 10.4 Å². The van der Waals surface area contributed by atoms with Gasteiger partial charge in [-0.1, -0.05) is 32.8 Å². The monoisotopic (exact) mass is 1110 g/mol. The van der Waals surface area contributed by atoms with E-state index >= 15 is 9.59 Å². The lowest BCUT2D eigenvalue weighted by Crippen LogP contribution is -2.68. The summed E-state index contributed by atoms with van der Waals surface area (Å²) in [4.78, 5) is 78.1. The number of piperidine rings is 1. The molecule has 3 N–H and O–H groups in total. The average Bonchev–Trinajstić information content (AvgIpc) is 4.18. The Hall–Kier alpha value is -5.02. The number of methoxy groups -OCH3 is 1. The zero-order valence-electron chi connectivity index (χ0n) is 47.7. The molecule has 6 saturated heterocycles. The van der Waals surface area contributed by atoms with E-state index in [0.29, 0.717) is 50.4 Å². The number of esters is 1. The second-order valence-corrected chi connectivity index (χ2v) is 26.9. The Bertz CT molecular complexity index is 3000. The zero-order valence-corrected chi connectivity index (χ0v) is 48.5. The highest BCUT2D eigenvalue weighted by Gasteiger charge is 2.57. The fourth-order valence-corrected chi connectivity index (χ4v) is 15.9. The van der Waals surface area contributed by atoms with Crippen molar-refractivity contribution < 1.29 is 33.4 Å². The third-order valence-corrected chi connectivity index (χ3v) is 20.5. The molecule has 2 aliphatic carbocycles. The number of carbonyl (C=O) groups is 4. The Morgan fingerprint density at radius 3 is 2.62 bits per heavy atom. The van der Waals surface area contributed by atoms with Gasteiger partial charge in [0, 0.05) is 117 Å². The SMILES string of the molecule is CCn1c(-c2cc(N3CCN4CCOC[C@@H]4C3)cnc2[C@H](C)OC)c2c3cc(ccc31)-c1csc(n1)C[C@H](NC(=O)[C@H](C1CCCC1)N1CCCC3(CN(C(=O)[C@@H]4N[C@@H]4C4CC4)C3)C1)C(=O)N1CCC[C@H](N1)C(=O)OCC(C)(C)C2. The van der Waals surface area contributed by atoms with Crippen LogP contribution in [0.3, 0.4) is 0 Å². The van der Waals surface area contributed by atoms with Crippen LogP contribution in [0.1, 0.15) is 114 Å². The first-order chi connectivity index (χ1) is 38.8. The van der Waals surface area contributed by atoms with Gasteiger partial charge >= 0.3 is 5.97 Å². The third kappa shape index (κ3) is 10.6. The molecular formula is C61H83N11O7S. The summed E-state index contributed by atoms with van der Waals surface area (Å²) in [6.45, 7) is 18.1. The summed E-state index contributed by atoms with van der Waals surface area (Å²) in [6.07, 6.45) is 12.2. The number of cyclic esters (lactones) is 1. The predicted molar refractivity (Wildman–Crippen MR) is 307 cm³/mol. The number of anilines is 1. The molecule has 4 aromatic rings. The van der Waals surface area contributed by atoms with Crippen molar-refractivity contribution in [2.45, 2.75) is 154 Å². The van der Waals surface area contributed by atoms with Crippen molar-refractivity contribution >= 4 is 51.6 Å². The van der Waals surface area contributed by atoms with Crippen molar-refractivity contribution in [2.75, 3.05) is 90.7 Å². The molecule has 2 saturated carbocycles. The molecule has 10 heterocycles. The number of ether oxygens (including phenoxy) is 3. The highest BCUT2D eigenvalue weighted by molar-refractivity contribution is 7.10. The number of benzene rings is 1. The topological polar surface area (TPSA) is 189 Å². The minimum absolute atomic E-state index is 0.0253. The van der Waals surface area contributed by atoms with Gasteiger partial charge in [-0.05, 0) is 114 Å². The van der Waals surface area contributed by atoms with Gasteiger partial charge in [0.15, 0.2) is 0 Å². The fraction of sp³-hybridized carbons (Fsp3) is 0.672. The number of nitrogens with one attached hydrogen (secondary N) is 3. The maximum absolute atomic E-state index is 15.3. The maximum Gasteiger partial charge on any atom is 0.324 e. The number of hydrogen-bond acceptors (Lipinski definition) is 15. The molecule has 18 nitrogen and oxygen atoms in total. The quantitative estimate of drug-likeness (QED) is 0.118. The summed E-state index contributed by atoms with van der Waals surface area (Å²) in [5.41, 5.74) is 10.8. The first kappa shape index (κ1) is 54.2. The number of carbonyl (C=O) groups excluding carboxylic acids is 4. The molecule has 8 fully saturated rings. The third-order valence-electron chi connectivity index (χ3n) is 19.6. The van der Waals surface area contributed by atoms with Gasteiger partial charge in [0.1, 0.15) is 18.1 Å². The number of piperazine rings is 1. The highest BCUT2D eigenvalue weighted by atomic mass is 32.1. The molecule has 1 aromatic carbocycles. The van der Waals surface area contributed by atoms with Crippen LogP contribution in [-0.2, 0) is 52.8 Å². The smallest absolute Gasteiger partial charge is 0.324 e. The molecule has 0 radical (unpaired) electrons. The molecule has 3 aromatic heterocycles. The second-order valence-electron chi connectivity index (χ2n) is 25.9. The fourth-order valence-electron chi connectivity index (χ4n) is 15.1. The van der Waals surface area contributed by atoms with Crippen LogP contribution in [-0.4, -0.2) is 180 Å². The normalized spacial score (nSPS) is 28.3. The Morgan fingerprint density at radius 1 is 0.988 bits per heavy atom. The number of aryl methyl sites for hydroxylation is 1. The van der Waals surface area contributed by atoms with Crippen molar-refractivity contribution in [1.82, 2.24) is 50.3 Å². The van der Waals surface area contributed by atoms with Gasteiger partial charge in [0.05, 0.1) is 72.0 Å². The van der Waals surface area contributed by atoms with Crippen LogP contribution in [0.15, 0.2) is 35.8 Å². The number of hydrogen-bond donors (Lipinski definition) is 3. The second kappa shape index (κ2) is 22.0. The number of aromatic nitrogens is 3. The highest BCUT2D eigenvalue weighted by Crippen LogP contribution is 2.46. The van der Waals surface area contributed by atoms with Gasteiger partial charge in [-0.2, -0.15) is 0 Å². The van der Waals surface area contributed by atoms with Crippen molar-refractivity contribution in [3.05, 3.63) is 52.1 Å². The van der Waals surface area contributed by atoms with Crippen molar-refractivity contribution in [1.29, 1.82) is 0 Å². The predicted octanol–water partition coefficient (Wildman–Crippen LogP) is 5.96. The molecule has 7 atom stereocenters. The largest absolute Gasteiger partial charge is 0.464 e. The van der Waals surface area contributed by atoms with Crippen molar-refractivity contribution in [2.24, 2.45) is 22.7 Å². The van der Waals surface area contributed by atoms with Crippen LogP contribution >= 0.6 is 11.3 Å². The minimum atomic E-state index is -0.935. The minimum Gasteiger partial charge on any atom is -0.464 e. The number of hydrazine groups is 1. The summed E-state index contributed by atoms with van der Waals surface area (Å²) in [5, 5.41) is 12.3. The van der Waals surface area contributed by atoms with Crippen molar-refractivity contribution in [3.63, 3.8) is 0 Å². The number of thiazole rings is 1. The molecule has 7 aliphatic heterocycles.